The van der Waals surface area contributed by atoms with Gasteiger partial charge in [-0.1, -0.05) is 23.7 Å². The second-order valence-corrected chi connectivity index (χ2v) is 6.55. The molecule has 3 aromatic heterocycles. The van der Waals surface area contributed by atoms with E-state index in [0.717, 1.165) is 37.8 Å². The van der Waals surface area contributed by atoms with Crippen LogP contribution in [0.25, 0.3) is 27.0 Å². The lowest BCUT2D eigenvalue weighted by atomic mass is 10.0. The van der Waals surface area contributed by atoms with Crippen molar-refractivity contribution in [1.82, 2.24) is 19.6 Å². The molecular weight excluding hydrogens is 304 g/mol. The van der Waals surface area contributed by atoms with Gasteiger partial charge in [0.05, 0.1) is 5.39 Å². The van der Waals surface area contributed by atoms with E-state index in [4.69, 9.17) is 11.6 Å². The second-order valence-electron chi connectivity index (χ2n) is 4.91. The van der Waals surface area contributed by atoms with Crippen molar-refractivity contribution in [3.8, 4) is 11.1 Å². The minimum Gasteiger partial charge on any atom is -0.269 e. The number of halogens is 1. The molecule has 0 bridgehead atoms. The minimum atomic E-state index is 0.734. The number of aryl methyl sites for hydroxylation is 2. The van der Waals surface area contributed by atoms with Gasteiger partial charge >= 0.3 is 0 Å². The molecule has 0 saturated heterocycles. The van der Waals surface area contributed by atoms with Crippen molar-refractivity contribution in [2.45, 2.75) is 13.8 Å². The van der Waals surface area contributed by atoms with Crippen molar-refractivity contribution < 1.29 is 0 Å². The molecule has 0 saturated carbocycles. The van der Waals surface area contributed by atoms with Crippen LogP contribution in [0.5, 0.6) is 0 Å². The molecule has 21 heavy (non-hydrogen) atoms. The summed E-state index contributed by atoms with van der Waals surface area (Å²) in [5.41, 5.74) is 3.14. The van der Waals surface area contributed by atoms with Gasteiger partial charge in [-0.25, -0.2) is 4.98 Å². The molecule has 1 aromatic carbocycles. The zero-order valence-corrected chi connectivity index (χ0v) is 13.0. The zero-order chi connectivity index (χ0) is 14.6. The van der Waals surface area contributed by atoms with Gasteiger partial charge in [-0.05, 0) is 31.5 Å². The first-order valence-corrected chi connectivity index (χ1v) is 7.70. The average molecular weight is 315 g/mol. The first-order valence-electron chi connectivity index (χ1n) is 6.50. The molecule has 0 spiro atoms. The molecule has 0 atom stereocenters. The highest BCUT2D eigenvalue weighted by Gasteiger charge is 2.17. The Labute approximate surface area is 130 Å². The van der Waals surface area contributed by atoms with Crippen LogP contribution in [-0.2, 0) is 0 Å². The van der Waals surface area contributed by atoms with Gasteiger partial charge < -0.3 is 0 Å². The molecule has 4 aromatic rings. The number of thiophene rings is 1. The molecule has 6 heteroatoms. The summed E-state index contributed by atoms with van der Waals surface area (Å²) in [6.45, 7) is 4.03. The average Bonchev–Trinajstić information content (AvgIpc) is 3.00. The van der Waals surface area contributed by atoms with Crippen LogP contribution < -0.4 is 0 Å². The number of aromatic nitrogens is 4. The van der Waals surface area contributed by atoms with E-state index in [2.05, 4.69) is 22.1 Å². The molecule has 0 unspecified atom stereocenters. The van der Waals surface area contributed by atoms with Crippen LogP contribution in [0.1, 0.15) is 10.7 Å². The van der Waals surface area contributed by atoms with Crippen LogP contribution in [0, 0.1) is 13.8 Å². The normalized spacial score (nSPS) is 11.6. The molecule has 0 fully saturated rings. The van der Waals surface area contributed by atoms with Gasteiger partial charge in [0.15, 0.2) is 5.65 Å². The van der Waals surface area contributed by atoms with Crippen molar-refractivity contribution in [2.75, 3.05) is 0 Å². The summed E-state index contributed by atoms with van der Waals surface area (Å²) in [5.74, 6) is 0.838. The van der Waals surface area contributed by atoms with Crippen molar-refractivity contribution in [3.63, 3.8) is 0 Å². The Morgan fingerprint density at radius 1 is 1.10 bits per heavy atom. The quantitative estimate of drug-likeness (QED) is 0.527. The third-order valence-corrected chi connectivity index (χ3v) is 4.84. The fourth-order valence-corrected chi connectivity index (χ4v) is 3.71. The molecule has 4 rings (SSSR count). The fraction of sp³-hybridized carbons (Fsp3) is 0.133. The third kappa shape index (κ3) is 1.85. The van der Waals surface area contributed by atoms with E-state index in [-0.39, 0.29) is 0 Å². The number of nitrogens with zero attached hydrogens (tertiary/aromatic N) is 4. The Morgan fingerprint density at radius 2 is 1.86 bits per heavy atom. The SMILES string of the molecule is Cc1sc2ncn3c(C)nnc3c2c1-c1ccc(Cl)cc1. The highest BCUT2D eigenvalue weighted by Crippen LogP contribution is 2.39. The van der Waals surface area contributed by atoms with Crippen LogP contribution in [0.3, 0.4) is 0 Å². The zero-order valence-electron chi connectivity index (χ0n) is 11.5. The summed E-state index contributed by atoms with van der Waals surface area (Å²) in [4.78, 5) is 6.74. The Hall–Kier alpha value is -1.98. The van der Waals surface area contributed by atoms with Crippen LogP contribution in [0.4, 0.5) is 0 Å². The van der Waals surface area contributed by atoms with E-state index in [0.29, 0.717) is 0 Å². The van der Waals surface area contributed by atoms with Crippen LogP contribution in [0.15, 0.2) is 30.6 Å². The molecule has 0 radical (unpaired) electrons. The smallest absolute Gasteiger partial charge is 0.173 e. The molecule has 4 nitrogen and oxygen atoms in total. The Morgan fingerprint density at radius 3 is 2.62 bits per heavy atom. The first-order chi connectivity index (χ1) is 10.1. The van der Waals surface area contributed by atoms with Gasteiger partial charge in [-0.3, -0.25) is 4.40 Å². The Bertz CT molecular complexity index is 969. The van der Waals surface area contributed by atoms with Crippen LogP contribution in [0.2, 0.25) is 5.02 Å². The summed E-state index contributed by atoms with van der Waals surface area (Å²) in [7, 11) is 0. The predicted octanol–water partition coefficient (Wildman–Crippen LogP) is 4.28. The molecule has 104 valence electrons. The fourth-order valence-electron chi connectivity index (χ4n) is 2.58. The largest absolute Gasteiger partial charge is 0.269 e. The van der Waals surface area contributed by atoms with Crippen LogP contribution in [-0.4, -0.2) is 19.6 Å². The third-order valence-electron chi connectivity index (χ3n) is 3.58. The van der Waals surface area contributed by atoms with Gasteiger partial charge in [-0.15, -0.1) is 21.5 Å². The van der Waals surface area contributed by atoms with Crippen LogP contribution >= 0.6 is 22.9 Å². The number of fused-ring (bicyclic) bond motifs is 3. The number of rotatable bonds is 1. The Kier molecular flexibility index (Phi) is 2.74. The highest BCUT2D eigenvalue weighted by molar-refractivity contribution is 7.19. The second kappa shape index (κ2) is 4.51. The van der Waals surface area contributed by atoms with Crippen molar-refractivity contribution in [2.24, 2.45) is 0 Å². The lowest BCUT2D eigenvalue weighted by Gasteiger charge is -2.03. The summed E-state index contributed by atoms with van der Waals surface area (Å²) in [6, 6.07) is 7.87. The van der Waals surface area contributed by atoms with Crippen molar-refractivity contribution in [1.29, 1.82) is 0 Å². The lowest BCUT2D eigenvalue weighted by molar-refractivity contribution is 0.990. The first kappa shape index (κ1) is 12.7. The Balaban J connectivity index is 2.14. The van der Waals surface area contributed by atoms with Gasteiger partial charge in [-0.2, -0.15) is 0 Å². The topological polar surface area (TPSA) is 43.1 Å². The van der Waals surface area contributed by atoms with E-state index in [1.165, 1.54) is 4.88 Å². The number of benzene rings is 1. The van der Waals surface area contributed by atoms with Gasteiger partial charge in [0.1, 0.15) is 17.0 Å². The van der Waals surface area contributed by atoms with Gasteiger partial charge in [0.25, 0.3) is 0 Å². The lowest BCUT2D eigenvalue weighted by Crippen LogP contribution is -1.90. The van der Waals surface area contributed by atoms with Gasteiger partial charge in [0.2, 0.25) is 0 Å². The summed E-state index contributed by atoms with van der Waals surface area (Å²) >= 11 is 7.67. The number of hydrogen-bond acceptors (Lipinski definition) is 4. The molecule has 0 aliphatic carbocycles. The van der Waals surface area contributed by atoms with E-state index in [9.17, 15) is 0 Å². The van der Waals surface area contributed by atoms with Gasteiger partial charge in [0, 0.05) is 15.5 Å². The molecule has 0 amide bonds. The standard InChI is InChI=1S/C15H11ClN4S/c1-8-12(10-3-5-11(16)6-4-10)13-14-19-18-9(2)20(14)7-17-15(13)21-8/h3-7H,1-2H3. The predicted molar refractivity (Wildman–Crippen MR) is 86.1 cm³/mol. The molecule has 3 heterocycles. The summed E-state index contributed by atoms with van der Waals surface area (Å²) < 4.78 is 1.92. The maximum Gasteiger partial charge on any atom is 0.173 e. The van der Waals surface area contributed by atoms with E-state index in [1.807, 2.05) is 35.6 Å². The maximum absolute atomic E-state index is 5.99. The minimum absolute atomic E-state index is 0.734. The highest BCUT2D eigenvalue weighted by atomic mass is 35.5. The molecular formula is C15H11ClN4S. The molecule has 0 aliphatic heterocycles. The molecule has 0 N–H and O–H groups in total. The summed E-state index contributed by atoms with van der Waals surface area (Å²) in [6.07, 6.45) is 1.79. The van der Waals surface area contributed by atoms with E-state index < -0.39 is 0 Å². The monoisotopic (exact) mass is 314 g/mol. The van der Waals surface area contributed by atoms with E-state index >= 15 is 0 Å². The molecule has 0 aliphatic rings. The van der Waals surface area contributed by atoms with Crippen molar-refractivity contribution in [3.05, 3.63) is 46.3 Å². The van der Waals surface area contributed by atoms with Crippen molar-refractivity contribution >= 4 is 38.8 Å². The maximum atomic E-state index is 5.99. The number of hydrogen-bond donors (Lipinski definition) is 0. The summed E-state index contributed by atoms with van der Waals surface area (Å²) in [5, 5.41) is 10.3. The van der Waals surface area contributed by atoms with E-state index in [1.54, 1.807) is 17.7 Å².